The molecule has 102 valence electrons. The first-order valence-electron chi connectivity index (χ1n) is 6.85. The van der Waals surface area contributed by atoms with Crippen LogP contribution in [0.1, 0.15) is 28.8 Å². The molecule has 0 spiro atoms. The van der Waals surface area contributed by atoms with Crippen molar-refractivity contribution in [3.05, 3.63) is 63.9 Å². The molecule has 1 aliphatic rings. The van der Waals surface area contributed by atoms with Crippen LogP contribution in [0.15, 0.2) is 47.3 Å². The number of hydrogen-bond acceptors (Lipinski definition) is 3. The van der Waals surface area contributed by atoms with Gasteiger partial charge in [0.1, 0.15) is 5.82 Å². The van der Waals surface area contributed by atoms with Crippen LogP contribution in [0.2, 0.25) is 0 Å². The van der Waals surface area contributed by atoms with Gasteiger partial charge in [0.25, 0.3) is 5.56 Å². The first kappa shape index (κ1) is 12.7. The van der Waals surface area contributed by atoms with Crippen LogP contribution in [0, 0.1) is 0 Å². The van der Waals surface area contributed by atoms with Crippen LogP contribution in [0.25, 0.3) is 0 Å². The van der Waals surface area contributed by atoms with Crippen LogP contribution in [-0.4, -0.2) is 16.9 Å². The summed E-state index contributed by atoms with van der Waals surface area (Å²) < 4.78 is 1.67. The highest BCUT2D eigenvalue weighted by molar-refractivity contribution is 6.11. The largest absolute Gasteiger partial charge is 0.371 e. The molecule has 2 heterocycles. The highest BCUT2D eigenvalue weighted by Gasteiger charge is 2.18. The van der Waals surface area contributed by atoms with Crippen LogP contribution in [0.5, 0.6) is 0 Å². The number of carbonyl (C=O) groups excluding carboxylic acids is 1. The number of rotatable bonds is 2. The quantitative estimate of drug-likeness (QED) is 0.850. The van der Waals surface area contributed by atoms with Crippen molar-refractivity contribution in [1.82, 2.24) is 4.57 Å². The molecule has 0 amide bonds. The fourth-order valence-electron chi connectivity index (χ4n) is 2.52. The lowest BCUT2D eigenvalue weighted by Gasteiger charge is -2.14. The maximum atomic E-state index is 12.6. The SMILES string of the molecule is O=C(c1ccccc1)c1ccc(=O)n2c1NCCCC2. The first-order valence-corrected chi connectivity index (χ1v) is 6.85. The van der Waals surface area contributed by atoms with Gasteiger partial charge in [0.15, 0.2) is 5.78 Å². The van der Waals surface area contributed by atoms with E-state index in [4.69, 9.17) is 0 Å². The Hall–Kier alpha value is -2.36. The molecule has 2 aromatic rings. The maximum Gasteiger partial charge on any atom is 0.252 e. The molecule has 0 unspecified atom stereocenters. The van der Waals surface area contributed by atoms with E-state index in [1.54, 1.807) is 22.8 Å². The van der Waals surface area contributed by atoms with Crippen LogP contribution in [-0.2, 0) is 6.54 Å². The molecule has 1 aromatic heterocycles. The summed E-state index contributed by atoms with van der Waals surface area (Å²) in [5.41, 5.74) is 1.15. The number of anilines is 1. The van der Waals surface area contributed by atoms with Crippen LogP contribution >= 0.6 is 0 Å². The van der Waals surface area contributed by atoms with E-state index < -0.39 is 0 Å². The topological polar surface area (TPSA) is 51.1 Å². The fraction of sp³-hybridized carbons (Fsp3) is 0.250. The molecule has 3 rings (SSSR count). The molecule has 0 aliphatic carbocycles. The number of carbonyl (C=O) groups is 1. The molecule has 1 aromatic carbocycles. The summed E-state index contributed by atoms with van der Waals surface area (Å²) in [6.45, 7) is 1.45. The van der Waals surface area contributed by atoms with E-state index >= 15 is 0 Å². The van der Waals surface area contributed by atoms with Crippen LogP contribution < -0.4 is 10.9 Å². The average Bonchev–Trinajstić information content (AvgIpc) is 2.74. The zero-order chi connectivity index (χ0) is 13.9. The summed E-state index contributed by atoms with van der Waals surface area (Å²) in [6.07, 6.45) is 1.95. The smallest absolute Gasteiger partial charge is 0.252 e. The Morgan fingerprint density at radius 3 is 2.65 bits per heavy atom. The van der Waals surface area contributed by atoms with Crippen molar-refractivity contribution in [3.63, 3.8) is 0 Å². The van der Waals surface area contributed by atoms with Gasteiger partial charge in [-0.3, -0.25) is 14.2 Å². The van der Waals surface area contributed by atoms with E-state index in [1.807, 2.05) is 18.2 Å². The Kier molecular flexibility index (Phi) is 3.37. The number of pyridine rings is 1. The molecule has 1 N–H and O–H groups in total. The molecule has 0 fully saturated rings. The summed E-state index contributed by atoms with van der Waals surface area (Å²) in [7, 11) is 0. The lowest BCUT2D eigenvalue weighted by molar-refractivity contribution is 0.103. The summed E-state index contributed by atoms with van der Waals surface area (Å²) >= 11 is 0. The van der Waals surface area contributed by atoms with E-state index in [0.29, 0.717) is 23.5 Å². The Bertz CT molecular complexity index is 689. The van der Waals surface area contributed by atoms with Gasteiger partial charge in [0, 0.05) is 24.7 Å². The minimum absolute atomic E-state index is 0.0521. The van der Waals surface area contributed by atoms with Gasteiger partial charge in [-0.2, -0.15) is 0 Å². The summed E-state index contributed by atoms with van der Waals surface area (Å²) in [5, 5.41) is 3.23. The van der Waals surface area contributed by atoms with Gasteiger partial charge in [0.2, 0.25) is 0 Å². The molecular formula is C16H16N2O2. The molecule has 0 atom stereocenters. The maximum absolute atomic E-state index is 12.6. The van der Waals surface area contributed by atoms with Crippen molar-refractivity contribution < 1.29 is 4.79 Å². The van der Waals surface area contributed by atoms with E-state index in [2.05, 4.69) is 5.32 Å². The van der Waals surface area contributed by atoms with Gasteiger partial charge in [-0.15, -0.1) is 0 Å². The van der Waals surface area contributed by atoms with Gasteiger partial charge in [-0.1, -0.05) is 30.3 Å². The van der Waals surface area contributed by atoms with E-state index in [0.717, 1.165) is 19.4 Å². The number of benzene rings is 1. The Balaban J connectivity index is 2.11. The molecule has 0 radical (unpaired) electrons. The summed E-state index contributed by atoms with van der Waals surface area (Å²) in [5.74, 6) is 0.604. The normalized spacial score (nSPS) is 14.0. The minimum atomic E-state index is -0.0565. The van der Waals surface area contributed by atoms with Crippen molar-refractivity contribution in [2.24, 2.45) is 0 Å². The van der Waals surface area contributed by atoms with Crippen molar-refractivity contribution in [2.45, 2.75) is 19.4 Å². The number of nitrogens with one attached hydrogen (secondary N) is 1. The second-order valence-electron chi connectivity index (χ2n) is 4.91. The predicted molar refractivity (Wildman–Crippen MR) is 78.3 cm³/mol. The van der Waals surface area contributed by atoms with E-state index in [9.17, 15) is 9.59 Å². The minimum Gasteiger partial charge on any atom is -0.371 e. The standard InChI is InChI=1S/C16H16N2O2/c19-14-9-8-13(15(20)12-6-2-1-3-7-12)16-17-10-4-5-11-18(14)16/h1-3,6-9,17H,4-5,10-11H2. The van der Waals surface area contributed by atoms with E-state index in [1.165, 1.54) is 6.07 Å². The van der Waals surface area contributed by atoms with Crippen molar-refractivity contribution >= 4 is 11.6 Å². The fourth-order valence-corrected chi connectivity index (χ4v) is 2.52. The third-order valence-electron chi connectivity index (χ3n) is 3.57. The molecule has 1 aliphatic heterocycles. The van der Waals surface area contributed by atoms with Gasteiger partial charge in [0.05, 0.1) is 5.56 Å². The van der Waals surface area contributed by atoms with Crippen molar-refractivity contribution in [2.75, 3.05) is 11.9 Å². The van der Waals surface area contributed by atoms with Crippen LogP contribution in [0.3, 0.4) is 0 Å². The number of hydrogen-bond donors (Lipinski definition) is 1. The number of nitrogens with zero attached hydrogens (tertiary/aromatic N) is 1. The van der Waals surface area contributed by atoms with E-state index in [-0.39, 0.29) is 11.3 Å². The van der Waals surface area contributed by atoms with Crippen molar-refractivity contribution in [1.29, 1.82) is 0 Å². The van der Waals surface area contributed by atoms with Gasteiger partial charge < -0.3 is 5.32 Å². The van der Waals surface area contributed by atoms with Gasteiger partial charge in [-0.05, 0) is 18.9 Å². The zero-order valence-electron chi connectivity index (χ0n) is 11.1. The molecule has 4 nitrogen and oxygen atoms in total. The summed E-state index contributed by atoms with van der Waals surface area (Å²) in [6, 6.07) is 12.3. The van der Waals surface area contributed by atoms with Gasteiger partial charge >= 0.3 is 0 Å². The molecule has 0 saturated heterocycles. The summed E-state index contributed by atoms with van der Waals surface area (Å²) in [4.78, 5) is 24.5. The Morgan fingerprint density at radius 1 is 1.05 bits per heavy atom. The van der Waals surface area contributed by atoms with Crippen molar-refractivity contribution in [3.8, 4) is 0 Å². The lowest BCUT2D eigenvalue weighted by Crippen LogP contribution is -2.24. The van der Waals surface area contributed by atoms with Gasteiger partial charge in [-0.25, -0.2) is 0 Å². The zero-order valence-corrected chi connectivity index (χ0v) is 11.1. The van der Waals surface area contributed by atoms with Crippen LogP contribution in [0.4, 0.5) is 5.82 Å². The second kappa shape index (κ2) is 5.33. The number of ketones is 1. The lowest BCUT2D eigenvalue weighted by atomic mass is 10.0. The Morgan fingerprint density at radius 2 is 1.85 bits per heavy atom. The molecule has 0 saturated carbocycles. The number of aromatic nitrogens is 1. The number of fused-ring (bicyclic) bond motifs is 1. The third-order valence-corrected chi connectivity index (χ3v) is 3.57. The first-order chi connectivity index (χ1) is 9.77. The third kappa shape index (κ3) is 2.25. The predicted octanol–water partition coefficient (Wildman–Crippen LogP) is 2.29. The average molecular weight is 268 g/mol. The highest BCUT2D eigenvalue weighted by Crippen LogP contribution is 2.20. The molecule has 4 heteroatoms. The molecule has 0 bridgehead atoms. The Labute approximate surface area is 117 Å². The second-order valence-corrected chi connectivity index (χ2v) is 4.91. The molecule has 20 heavy (non-hydrogen) atoms. The molecular weight excluding hydrogens is 252 g/mol. The monoisotopic (exact) mass is 268 g/mol. The highest BCUT2D eigenvalue weighted by atomic mass is 16.1.